The van der Waals surface area contributed by atoms with Crippen LogP contribution in [0.25, 0.3) is 0 Å². The number of hydrogen-bond donors (Lipinski definition) is 2. The van der Waals surface area contributed by atoms with Crippen LogP contribution in [0.5, 0.6) is 0 Å². The van der Waals surface area contributed by atoms with Gasteiger partial charge in [-0.25, -0.2) is 4.79 Å². The number of rotatable bonds is 2. The van der Waals surface area contributed by atoms with Crippen LogP contribution in [0, 0.1) is 28.1 Å². The largest absolute Gasteiger partial charge is 0.478 e. The van der Waals surface area contributed by atoms with Crippen LogP contribution < -0.4 is 0 Å². The van der Waals surface area contributed by atoms with Crippen molar-refractivity contribution in [1.82, 2.24) is 0 Å². The number of ketones is 1. The molecule has 37 heavy (non-hydrogen) atoms. The minimum atomic E-state index is -0.884. The van der Waals surface area contributed by atoms with Crippen molar-refractivity contribution in [2.45, 2.75) is 85.5 Å². The lowest BCUT2D eigenvalue weighted by molar-refractivity contribution is -0.346. The third-order valence-electron chi connectivity index (χ3n) is 10.1. The van der Waals surface area contributed by atoms with Crippen LogP contribution in [-0.4, -0.2) is 52.9 Å². The van der Waals surface area contributed by atoms with Gasteiger partial charge in [0.1, 0.15) is 0 Å². The molecule has 0 radical (unpaired) electrons. The number of benzene rings is 1. The molecule has 0 amide bonds. The fourth-order valence-corrected chi connectivity index (χ4v) is 8.45. The summed E-state index contributed by atoms with van der Waals surface area (Å²) in [6, 6.07) is 8.30. The Morgan fingerprint density at radius 1 is 1.11 bits per heavy atom. The van der Waals surface area contributed by atoms with Crippen LogP contribution in [-0.2, 0) is 19.1 Å². The monoisotopic (exact) mass is 512 g/mol. The Morgan fingerprint density at radius 3 is 2.27 bits per heavy atom. The summed E-state index contributed by atoms with van der Waals surface area (Å²) in [4.78, 5) is 35.8. The van der Waals surface area contributed by atoms with Gasteiger partial charge in [-0.05, 0) is 56.7 Å². The summed E-state index contributed by atoms with van der Waals surface area (Å²) in [5.41, 5.74) is 1.20. The number of carboxylic acids is 1. The third kappa shape index (κ3) is 3.57. The van der Waals surface area contributed by atoms with Crippen LogP contribution in [0.15, 0.2) is 41.5 Å². The van der Waals surface area contributed by atoms with Gasteiger partial charge in [0.2, 0.25) is 0 Å². The third-order valence-corrected chi connectivity index (χ3v) is 10.1. The second-order valence-electron chi connectivity index (χ2n) is 11.3. The molecule has 7 heteroatoms. The fourth-order valence-electron chi connectivity index (χ4n) is 8.45. The van der Waals surface area contributed by atoms with Crippen molar-refractivity contribution >= 4 is 17.7 Å². The lowest BCUT2D eigenvalue weighted by Crippen LogP contribution is -2.83. The van der Waals surface area contributed by atoms with E-state index in [0.717, 1.165) is 24.8 Å². The molecular formula is C30H40O7. The molecule has 4 fully saturated rings. The van der Waals surface area contributed by atoms with Crippen molar-refractivity contribution in [2.75, 3.05) is 6.61 Å². The van der Waals surface area contributed by atoms with Crippen LogP contribution in [0.1, 0.15) is 77.6 Å². The predicted octanol–water partition coefficient (Wildman–Crippen LogP) is 4.82. The minimum absolute atomic E-state index is 0.0532. The van der Waals surface area contributed by atoms with Gasteiger partial charge in [0.25, 0.3) is 0 Å². The SMILES string of the molecule is CC.CC(=O)O[C@H]1C(=O)[C@]2(C)[C@@H](O)C[C@H]3OC[C@H]3C23CC2CCC(C)=C1[C@@]23C.O=C(O)c1ccccc1. The molecular weight excluding hydrogens is 472 g/mol. The van der Waals surface area contributed by atoms with Crippen LogP contribution in [0.2, 0.25) is 0 Å². The number of hydrogen-bond acceptors (Lipinski definition) is 6. The summed E-state index contributed by atoms with van der Waals surface area (Å²) in [5, 5.41) is 19.5. The Kier molecular flexibility index (Phi) is 7.19. The standard InChI is InChI=1S/C21H28O5.C7H6O2.C2H6/c1-10-5-6-12-8-21-13-9-25-14(13)7-15(23)20(21,4)18(24)17(26-11(2)22)16(10)19(12,21)3;8-7(9)6-4-2-1-3-5-6;1-2/h12-15,17,23H,5-9H2,1-4H3;1-5H,(H,8,9);1-2H3/t12?,13-,14-,15+,17-,19-,20+,21?;;/m1../s1. The quantitative estimate of drug-likeness (QED) is 0.432. The molecule has 1 aliphatic heterocycles. The number of ether oxygens (including phenoxy) is 2. The van der Waals surface area contributed by atoms with Crippen molar-refractivity contribution in [1.29, 1.82) is 0 Å². The van der Waals surface area contributed by atoms with Gasteiger partial charge in [-0.2, -0.15) is 0 Å². The Balaban J connectivity index is 0.000000246. The number of esters is 1. The molecule has 5 aliphatic rings. The molecule has 1 aromatic rings. The lowest BCUT2D eigenvalue weighted by atomic mass is 9.24. The first-order chi connectivity index (χ1) is 17.5. The number of carbonyl (C=O) groups excluding carboxylic acids is 2. The lowest BCUT2D eigenvalue weighted by Gasteiger charge is -2.80. The van der Waals surface area contributed by atoms with Gasteiger partial charge >= 0.3 is 11.9 Å². The molecule has 2 unspecified atom stereocenters. The highest BCUT2D eigenvalue weighted by Crippen LogP contribution is 2.82. The zero-order valence-corrected chi connectivity index (χ0v) is 22.7. The Morgan fingerprint density at radius 2 is 1.76 bits per heavy atom. The highest BCUT2D eigenvalue weighted by Gasteiger charge is 2.84. The first-order valence-electron chi connectivity index (χ1n) is 13.5. The van der Waals surface area contributed by atoms with E-state index in [4.69, 9.17) is 14.6 Å². The number of allylic oxidation sites excluding steroid dienone is 1. The number of carbonyl (C=O) groups is 3. The molecule has 7 nitrogen and oxygen atoms in total. The van der Waals surface area contributed by atoms with Crippen molar-refractivity contribution in [3.63, 3.8) is 0 Å². The van der Waals surface area contributed by atoms with E-state index in [1.54, 1.807) is 30.3 Å². The fraction of sp³-hybridized carbons (Fsp3) is 0.633. The summed E-state index contributed by atoms with van der Waals surface area (Å²) in [7, 11) is 0. The van der Waals surface area contributed by atoms with Crippen molar-refractivity contribution < 1.29 is 34.1 Å². The van der Waals surface area contributed by atoms with E-state index in [-0.39, 0.29) is 22.7 Å². The maximum Gasteiger partial charge on any atom is 0.335 e. The predicted molar refractivity (Wildman–Crippen MR) is 138 cm³/mol. The number of aromatic carboxylic acids is 1. The minimum Gasteiger partial charge on any atom is -0.478 e. The van der Waals surface area contributed by atoms with Gasteiger partial charge in [-0.3, -0.25) is 9.59 Å². The second-order valence-corrected chi connectivity index (χ2v) is 11.3. The second kappa shape index (κ2) is 9.66. The first-order valence-corrected chi connectivity index (χ1v) is 13.5. The summed E-state index contributed by atoms with van der Waals surface area (Å²) < 4.78 is 11.4. The number of fused-ring (bicyclic) bond motifs is 1. The maximum absolute atomic E-state index is 13.8. The normalized spacial score (nSPS) is 40.5. The molecule has 1 spiro atoms. The van der Waals surface area contributed by atoms with Crippen LogP contribution in [0.4, 0.5) is 0 Å². The number of carboxylic acid groups (broad SMARTS) is 1. The summed E-state index contributed by atoms with van der Waals surface area (Å²) in [5.74, 6) is -0.619. The van der Waals surface area contributed by atoms with Crippen molar-refractivity contribution in [2.24, 2.45) is 28.1 Å². The molecule has 8 atom stereocenters. The van der Waals surface area contributed by atoms with Gasteiger partial charge in [0.05, 0.1) is 29.8 Å². The molecule has 202 valence electrons. The first kappa shape index (κ1) is 27.5. The molecule has 0 bridgehead atoms. The van der Waals surface area contributed by atoms with Gasteiger partial charge < -0.3 is 19.7 Å². The maximum atomic E-state index is 13.8. The zero-order chi connectivity index (χ0) is 27.3. The number of Topliss-reactive ketones (excluding diaryl/α,β-unsaturated/α-hetero) is 1. The zero-order valence-electron chi connectivity index (χ0n) is 22.7. The highest BCUT2D eigenvalue weighted by molar-refractivity contribution is 5.97. The summed E-state index contributed by atoms with van der Waals surface area (Å²) >= 11 is 0. The Bertz CT molecular complexity index is 1110. The molecule has 3 saturated carbocycles. The average Bonchev–Trinajstić information content (AvgIpc) is 2.86. The van der Waals surface area contributed by atoms with E-state index < -0.39 is 29.6 Å². The van der Waals surface area contributed by atoms with E-state index in [2.05, 4.69) is 13.8 Å². The molecule has 4 aliphatic carbocycles. The Hall–Kier alpha value is -2.51. The van der Waals surface area contributed by atoms with E-state index in [1.807, 2.05) is 20.8 Å². The molecule has 6 rings (SSSR count). The molecule has 1 aromatic carbocycles. The van der Waals surface area contributed by atoms with E-state index in [0.29, 0.717) is 30.4 Å². The number of aliphatic hydroxyl groups is 1. The number of aliphatic hydroxyl groups excluding tert-OH is 1. The molecule has 1 saturated heterocycles. The van der Waals surface area contributed by atoms with Crippen LogP contribution >= 0.6 is 0 Å². The molecule has 0 aromatic heterocycles. The topological polar surface area (TPSA) is 110 Å². The highest BCUT2D eigenvalue weighted by atomic mass is 16.5. The van der Waals surface area contributed by atoms with E-state index >= 15 is 0 Å². The van der Waals surface area contributed by atoms with Gasteiger partial charge in [-0.1, -0.05) is 44.5 Å². The Labute approximate surface area is 219 Å². The van der Waals surface area contributed by atoms with Gasteiger partial charge in [0.15, 0.2) is 11.9 Å². The smallest absolute Gasteiger partial charge is 0.335 e. The van der Waals surface area contributed by atoms with Crippen molar-refractivity contribution in [3.8, 4) is 0 Å². The molecule has 1 heterocycles. The summed E-state index contributed by atoms with van der Waals surface area (Å²) in [6.45, 7) is 12.3. The van der Waals surface area contributed by atoms with E-state index in [1.165, 1.54) is 12.5 Å². The van der Waals surface area contributed by atoms with Crippen molar-refractivity contribution in [3.05, 3.63) is 47.0 Å². The van der Waals surface area contributed by atoms with Crippen LogP contribution in [0.3, 0.4) is 0 Å². The van der Waals surface area contributed by atoms with Gasteiger partial charge in [0, 0.05) is 30.1 Å². The summed E-state index contributed by atoms with van der Waals surface area (Å²) in [6.07, 6.45) is 2.00. The van der Waals surface area contributed by atoms with E-state index in [9.17, 15) is 19.5 Å². The average molecular weight is 513 g/mol. The molecule has 2 N–H and O–H groups in total. The van der Waals surface area contributed by atoms with Gasteiger partial charge in [-0.15, -0.1) is 0 Å².